The van der Waals surface area contributed by atoms with Crippen molar-refractivity contribution in [1.82, 2.24) is 10.3 Å². The number of carboxylic acids is 1. The van der Waals surface area contributed by atoms with Crippen LogP contribution in [-0.2, 0) is 16.0 Å². The Morgan fingerprint density at radius 2 is 1.96 bits per heavy atom. The molecule has 1 unspecified atom stereocenters. The van der Waals surface area contributed by atoms with E-state index in [0.717, 1.165) is 12.5 Å². The summed E-state index contributed by atoms with van der Waals surface area (Å²) in [6.07, 6.45) is -0.0144. The molecule has 0 bridgehead atoms. The van der Waals surface area contributed by atoms with Gasteiger partial charge in [-0.15, -0.1) is 11.3 Å². The number of methoxy groups -OCH3 is 2. The first-order chi connectivity index (χ1) is 12.3. The van der Waals surface area contributed by atoms with Crippen molar-refractivity contribution in [2.75, 3.05) is 20.8 Å². The molecule has 1 heterocycles. The van der Waals surface area contributed by atoms with Crippen molar-refractivity contribution in [2.45, 2.75) is 18.9 Å². The van der Waals surface area contributed by atoms with Gasteiger partial charge in [-0.05, 0) is 25.1 Å². The maximum atomic E-state index is 11.9. The van der Waals surface area contributed by atoms with Gasteiger partial charge in [0.05, 0.1) is 32.9 Å². The number of amides is 1. The summed E-state index contributed by atoms with van der Waals surface area (Å²) >= 11 is 1.37. The highest BCUT2D eigenvalue weighted by atomic mass is 32.1. The van der Waals surface area contributed by atoms with Gasteiger partial charge >= 0.3 is 5.97 Å². The number of carbonyl (C=O) groups is 2. The van der Waals surface area contributed by atoms with Crippen molar-refractivity contribution < 1.29 is 29.3 Å². The van der Waals surface area contributed by atoms with E-state index >= 15 is 0 Å². The number of thiazole rings is 1. The van der Waals surface area contributed by atoms with E-state index in [4.69, 9.17) is 14.6 Å². The van der Waals surface area contributed by atoms with Crippen molar-refractivity contribution >= 4 is 23.2 Å². The van der Waals surface area contributed by atoms with Crippen molar-refractivity contribution in [2.24, 2.45) is 0 Å². The molecule has 2 rings (SSSR count). The van der Waals surface area contributed by atoms with Crippen LogP contribution in [0.5, 0.6) is 11.5 Å². The number of rotatable bonds is 8. The second-order valence-corrected chi connectivity index (χ2v) is 6.60. The van der Waals surface area contributed by atoms with Crippen LogP contribution in [0.25, 0.3) is 10.6 Å². The third-order valence-corrected chi connectivity index (χ3v) is 4.55. The number of aliphatic hydroxyl groups is 1. The molecule has 0 aliphatic heterocycles. The number of hydrogen-bond acceptors (Lipinski definition) is 7. The van der Waals surface area contributed by atoms with Crippen LogP contribution in [0.15, 0.2) is 23.6 Å². The van der Waals surface area contributed by atoms with Gasteiger partial charge in [0, 0.05) is 10.9 Å². The highest BCUT2D eigenvalue weighted by Gasteiger charge is 2.30. The zero-order valence-electron chi connectivity index (χ0n) is 14.6. The minimum absolute atomic E-state index is 0.0144. The molecule has 1 atom stereocenters. The van der Waals surface area contributed by atoms with Crippen LogP contribution < -0.4 is 14.8 Å². The maximum absolute atomic E-state index is 11.9. The van der Waals surface area contributed by atoms with Crippen LogP contribution in [0.2, 0.25) is 0 Å². The molecule has 1 aromatic heterocycles. The molecule has 140 valence electrons. The molecule has 1 aromatic carbocycles. The standard InChI is InChI=1S/C17H20N2O6S/c1-17(23,16(21)22)9-18-14(20)7-11-8-26-15(19-11)10-4-5-12(24-2)13(6-10)25-3/h4-6,8,23H,7,9H2,1-3H3,(H,18,20)(H,21,22). The van der Waals surface area contributed by atoms with Crippen molar-refractivity contribution in [1.29, 1.82) is 0 Å². The van der Waals surface area contributed by atoms with Gasteiger partial charge < -0.3 is 25.0 Å². The van der Waals surface area contributed by atoms with Gasteiger partial charge in [-0.25, -0.2) is 9.78 Å². The van der Waals surface area contributed by atoms with E-state index in [-0.39, 0.29) is 13.0 Å². The lowest BCUT2D eigenvalue weighted by molar-refractivity contribution is -0.156. The van der Waals surface area contributed by atoms with E-state index in [9.17, 15) is 14.7 Å². The zero-order chi connectivity index (χ0) is 19.3. The minimum Gasteiger partial charge on any atom is -0.493 e. The summed E-state index contributed by atoms with van der Waals surface area (Å²) in [5, 5.41) is 23.3. The first-order valence-electron chi connectivity index (χ1n) is 7.66. The molecule has 0 radical (unpaired) electrons. The normalized spacial score (nSPS) is 12.9. The fourth-order valence-corrected chi connectivity index (χ4v) is 2.88. The SMILES string of the molecule is COc1ccc(-c2nc(CC(=O)NCC(C)(O)C(=O)O)cs2)cc1OC. The molecular weight excluding hydrogens is 360 g/mol. The molecule has 0 aliphatic carbocycles. The van der Waals surface area contributed by atoms with E-state index < -0.39 is 17.5 Å². The van der Waals surface area contributed by atoms with E-state index in [1.165, 1.54) is 11.3 Å². The number of benzene rings is 1. The van der Waals surface area contributed by atoms with Gasteiger partial charge in [-0.3, -0.25) is 4.79 Å². The van der Waals surface area contributed by atoms with Crippen LogP contribution in [-0.4, -0.2) is 53.4 Å². The molecule has 3 N–H and O–H groups in total. The molecule has 26 heavy (non-hydrogen) atoms. The van der Waals surface area contributed by atoms with Gasteiger partial charge in [-0.2, -0.15) is 0 Å². The topological polar surface area (TPSA) is 118 Å². The predicted octanol–water partition coefficient (Wildman–Crippen LogP) is 1.32. The number of carbonyl (C=O) groups excluding carboxylic acids is 1. The second-order valence-electron chi connectivity index (χ2n) is 5.75. The highest BCUT2D eigenvalue weighted by Crippen LogP contribution is 2.33. The van der Waals surface area contributed by atoms with E-state index in [0.29, 0.717) is 22.2 Å². The Labute approximate surface area is 154 Å². The van der Waals surface area contributed by atoms with Crippen LogP contribution in [0, 0.1) is 0 Å². The largest absolute Gasteiger partial charge is 0.493 e. The summed E-state index contributed by atoms with van der Waals surface area (Å²) in [6, 6.07) is 5.41. The Kier molecular flexibility index (Phi) is 6.17. The second kappa shape index (κ2) is 8.15. The Balaban J connectivity index is 2.04. The number of ether oxygens (including phenoxy) is 2. The molecule has 9 heteroatoms. The van der Waals surface area contributed by atoms with Gasteiger partial charge in [0.25, 0.3) is 0 Å². The lowest BCUT2D eigenvalue weighted by Crippen LogP contribution is -2.46. The van der Waals surface area contributed by atoms with Gasteiger partial charge in [0.15, 0.2) is 17.1 Å². The summed E-state index contributed by atoms with van der Waals surface area (Å²) in [4.78, 5) is 27.2. The van der Waals surface area contributed by atoms with Crippen LogP contribution in [0.4, 0.5) is 0 Å². The van der Waals surface area contributed by atoms with Crippen molar-refractivity contribution in [3.8, 4) is 22.1 Å². The first-order valence-corrected chi connectivity index (χ1v) is 8.54. The molecule has 0 fully saturated rings. The number of aromatic nitrogens is 1. The molecule has 0 aliphatic rings. The predicted molar refractivity (Wildman–Crippen MR) is 95.6 cm³/mol. The van der Waals surface area contributed by atoms with E-state index in [1.807, 2.05) is 6.07 Å². The van der Waals surface area contributed by atoms with Crippen molar-refractivity contribution in [3.05, 3.63) is 29.3 Å². The first kappa shape index (κ1) is 19.7. The highest BCUT2D eigenvalue weighted by molar-refractivity contribution is 7.13. The van der Waals surface area contributed by atoms with Crippen LogP contribution in [0.3, 0.4) is 0 Å². The number of carboxylic acid groups (broad SMARTS) is 1. The molecular formula is C17H20N2O6S. The third kappa shape index (κ3) is 4.70. The molecule has 0 saturated carbocycles. The summed E-state index contributed by atoms with van der Waals surface area (Å²) in [7, 11) is 3.10. The summed E-state index contributed by atoms with van der Waals surface area (Å²) in [6.45, 7) is 0.738. The lowest BCUT2D eigenvalue weighted by atomic mass is 10.1. The number of hydrogen-bond donors (Lipinski definition) is 3. The molecule has 0 saturated heterocycles. The van der Waals surface area contributed by atoms with E-state index in [1.54, 1.807) is 31.7 Å². The average Bonchev–Trinajstić information content (AvgIpc) is 3.07. The Morgan fingerprint density at radius 3 is 2.58 bits per heavy atom. The monoisotopic (exact) mass is 380 g/mol. The number of aliphatic carboxylic acids is 1. The van der Waals surface area contributed by atoms with E-state index in [2.05, 4.69) is 10.3 Å². The minimum atomic E-state index is -2.01. The lowest BCUT2D eigenvalue weighted by Gasteiger charge is -2.17. The Bertz CT molecular complexity index is 802. The number of nitrogens with one attached hydrogen (secondary N) is 1. The van der Waals surface area contributed by atoms with Gasteiger partial charge in [-0.1, -0.05) is 0 Å². The van der Waals surface area contributed by atoms with Crippen LogP contribution in [0.1, 0.15) is 12.6 Å². The Morgan fingerprint density at radius 1 is 1.27 bits per heavy atom. The smallest absolute Gasteiger partial charge is 0.337 e. The summed E-state index contributed by atoms with van der Waals surface area (Å²) in [5.74, 6) is -0.633. The zero-order valence-corrected chi connectivity index (χ0v) is 15.4. The average molecular weight is 380 g/mol. The molecule has 2 aromatic rings. The summed E-state index contributed by atoms with van der Waals surface area (Å²) in [5.41, 5.74) is -0.636. The van der Waals surface area contributed by atoms with Crippen LogP contribution >= 0.6 is 11.3 Å². The fraction of sp³-hybridized carbons (Fsp3) is 0.353. The fourth-order valence-electron chi connectivity index (χ4n) is 2.06. The maximum Gasteiger partial charge on any atom is 0.337 e. The Hall–Kier alpha value is -2.65. The third-order valence-electron chi connectivity index (χ3n) is 3.61. The molecule has 0 spiro atoms. The molecule has 1 amide bonds. The quantitative estimate of drug-likeness (QED) is 0.632. The number of nitrogens with zero attached hydrogens (tertiary/aromatic N) is 1. The van der Waals surface area contributed by atoms with Gasteiger partial charge in [0.2, 0.25) is 5.91 Å². The van der Waals surface area contributed by atoms with Gasteiger partial charge in [0.1, 0.15) is 5.01 Å². The van der Waals surface area contributed by atoms with Crippen molar-refractivity contribution in [3.63, 3.8) is 0 Å². The summed E-state index contributed by atoms with van der Waals surface area (Å²) < 4.78 is 10.5. The molecule has 8 nitrogen and oxygen atoms in total.